The molecule has 2 heterocycles. The molecule has 1 N–H and O–H groups in total. The normalized spacial score (nSPS) is 17.9. The van der Waals surface area contributed by atoms with Crippen molar-refractivity contribution in [3.8, 4) is 0 Å². The van der Waals surface area contributed by atoms with Gasteiger partial charge in [-0.1, -0.05) is 36.4 Å². The van der Waals surface area contributed by atoms with E-state index in [4.69, 9.17) is 0 Å². The molecule has 0 bridgehead atoms. The highest BCUT2D eigenvalue weighted by molar-refractivity contribution is 6.46. The number of hydrogen-bond donors (Lipinski definition) is 1. The number of carbonyl (C=O) groups is 2. The molecule has 1 aromatic heterocycles. The molecule has 5 nitrogen and oxygen atoms in total. The zero-order chi connectivity index (χ0) is 22.1. The van der Waals surface area contributed by atoms with E-state index in [1.165, 1.54) is 41.4 Å². The van der Waals surface area contributed by atoms with Gasteiger partial charge in [0.05, 0.1) is 11.6 Å². The fraction of sp³-hybridized carbons (Fsp3) is 0.125. The Bertz CT molecular complexity index is 1210. The van der Waals surface area contributed by atoms with Crippen LogP contribution in [0, 0.1) is 18.6 Å². The summed E-state index contributed by atoms with van der Waals surface area (Å²) in [6.45, 7) is 1.54. The van der Waals surface area contributed by atoms with Gasteiger partial charge in [0.15, 0.2) is 0 Å². The summed E-state index contributed by atoms with van der Waals surface area (Å²) in [6, 6.07) is 11.9. The standard InChI is InChI=1S/C24H18F2N2O3/c1-14-8-9-16(11-19(14)26)22(29)20-21(17-6-2-3-7-18(17)25)28(24(31)23(20)30)13-15-5-4-10-27-12-15/h2-12,21,29H,13H2,1H3/t21-/m0/s1. The van der Waals surface area contributed by atoms with Crippen molar-refractivity contribution >= 4 is 17.4 Å². The van der Waals surface area contributed by atoms with Crippen molar-refractivity contribution in [1.82, 2.24) is 9.88 Å². The Morgan fingerprint density at radius 2 is 1.84 bits per heavy atom. The zero-order valence-corrected chi connectivity index (χ0v) is 16.5. The number of aryl methyl sites for hydroxylation is 1. The van der Waals surface area contributed by atoms with Gasteiger partial charge in [0.2, 0.25) is 0 Å². The summed E-state index contributed by atoms with van der Waals surface area (Å²) in [7, 11) is 0. The van der Waals surface area contributed by atoms with Gasteiger partial charge in [0, 0.05) is 30.1 Å². The summed E-state index contributed by atoms with van der Waals surface area (Å²) in [5, 5.41) is 10.9. The minimum absolute atomic E-state index is 0.0174. The second-order valence-electron chi connectivity index (χ2n) is 7.27. The number of hydrogen-bond acceptors (Lipinski definition) is 4. The lowest BCUT2D eigenvalue weighted by Crippen LogP contribution is -2.29. The first-order valence-corrected chi connectivity index (χ1v) is 9.56. The molecule has 3 aromatic rings. The second-order valence-corrected chi connectivity index (χ2v) is 7.27. The predicted octanol–water partition coefficient (Wildman–Crippen LogP) is 4.29. The lowest BCUT2D eigenvalue weighted by molar-refractivity contribution is -0.140. The van der Waals surface area contributed by atoms with E-state index in [9.17, 15) is 23.5 Å². The van der Waals surface area contributed by atoms with Crippen LogP contribution in [0.3, 0.4) is 0 Å². The van der Waals surface area contributed by atoms with Gasteiger partial charge in [-0.25, -0.2) is 8.78 Å². The van der Waals surface area contributed by atoms with Crippen LogP contribution in [0.4, 0.5) is 8.78 Å². The van der Waals surface area contributed by atoms with Crippen LogP contribution in [-0.2, 0) is 16.1 Å². The van der Waals surface area contributed by atoms with Crippen LogP contribution >= 0.6 is 0 Å². The molecular weight excluding hydrogens is 402 g/mol. The Hall–Kier alpha value is -3.87. The van der Waals surface area contributed by atoms with E-state index < -0.39 is 35.1 Å². The SMILES string of the molecule is Cc1ccc(C(O)=C2C(=O)C(=O)N(Cc3cccnc3)[C@H]2c2ccccc2F)cc1F. The smallest absolute Gasteiger partial charge is 0.295 e. The van der Waals surface area contributed by atoms with Gasteiger partial charge < -0.3 is 10.0 Å². The maximum atomic E-state index is 14.7. The van der Waals surface area contributed by atoms with Crippen LogP contribution < -0.4 is 0 Å². The van der Waals surface area contributed by atoms with E-state index >= 15 is 0 Å². The van der Waals surface area contributed by atoms with Crippen molar-refractivity contribution in [2.24, 2.45) is 0 Å². The third-order valence-electron chi connectivity index (χ3n) is 5.26. The first kappa shape index (κ1) is 20.4. The van der Waals surface area contributed by atoms with Gasteiger partial charge in [-0.2, -0.15) is 0 Å². The summed E-state index contributed by atoms with van der Waals surface area (Å²) in [5.41, 5.74) is 0.789. The first-order valence-electron chi connectivity index (χ1n) is 9.56. The lowest BCUT2D eigenvalue weighted by Gasteiger charge is -2.25. The number of carbonyl (C=O) groups excluding carboxylic acids is 2. The molecule has 0 unspecified atom stereocenters. The molecule has 1 saturated heterocycles. The Balaban J connectivity index is 1.90. The van der Waals surface area contributed by atoms with Crippen molar-refractivity contribution in [3.63, 3.8) is 0 Å². The fourth-order valence-corrected chi connectivity index (χ4v) is 3.65. The Morgan fingerprint density at radius 3 is 2.52 bits per heavy atom. The highest BCUT2D eigenvalue weighted by atomic mass is 19.1. The number of nitrogens with zero attached hydrogens (tertiary/aromatic N) is 2. The van der Waals surface area contributed by atoms with E-state index in [1.54, 1.807) is 31.3 Å². The van der Waals surface area contributed by atoms with Crippen LogP contribution in [0.25, 0.3) is 5.76 Å². The summed E-state index contributed by atoms with van der Waals surface area (Å²) in [6.07, 6.45) is 3.10. The molecule has 1 aliphatic heterocycles. The fourth-order valence-electron chi connectivity index (χ4n) is 3.65. The zero-order valence-electron chi connectivity index (χ0n) is 16.5. The number of aliphatic hydroxyl groups excluding tert-OH is 1. The second kappa shape index (κ2) is 8.10. The molecule has 1 amide bonds. The van der Waals surface area contributed by atoms with Crippen LogP contribution in [-0.4, -0.2) is 26.7 Å². The summed E-state index contributed by atoms with van der Waals surface area (Å²) < 4.78 is 28.8. The largest absolute Gasteiger partial charge is 0.507 e. The lowest BCUT2D eigenvalue weighted by atomic mass is 9.94. The Kier molecular flexibility index (Phi) is 5.33. The quantitative estimate of drug-likeness (QED) is 0.388. The molecule has 0 radical (unpaired) electrons. The molecule has 0 spiro atoms. The van der Waals surface area contributed by atoms with Crippen molar-refractivity contribution in [1.29, 1.82) is 0 Å². The maximum absolute atomic E-state index is 14.7. The predicted molar refractivity (Wildman–Crippen MR) is 110 cm³/mol. The topological polar surface area (TPSA) is 70.5 Å². The third-order valence-corrected chi connectivity index (χ3v) is 5.26. The Morgan fingerprint density at radius 1 is 1.06 bits per heavy atom. The first-order chi connectivity index (χ1) is 14.9. The number of halogens is 2. The number of aliphatic hydroxyl groups is 1. The van der Waals surface area contributed by atoms with E-state index in [-0.39, 0.29) is 23.2 Å². The molecule has 2 aromatic carbocycles. The van der Waals surface area contributed by atoms with Crippen LogP contribution in [0.5, 0.6) is 0 Å². The highest BCUT2D eigenvalue weighted by Gasteiger charge is 2.47. The number of pyridine rings is 1. The van der Waals surface area contributed by atoms with E-state index in [0.717, 1.165) is 6.07 Å². The van der Waals surface area contributed by atoms with Crippen molar-refractivity contribution in [3.05, 3.63) is 106 Å². The summed E-state index contributed by atoms with van der Waals surface area (Å²) >= 11 is 0. The Labute approximate surface area is 177 Å². The summed E-state index contributed by atoms with van der Waals surface area (Å²) in [4.78, 5) is 31.0. The van der Waals surface area contributed by atoms with Gasteiger partial charge in [0.1, 0.15) is 17.4 Å². The van der Waals surface area contributed by atoms with E-state index in [1.807, 2.05) is 0 Å². The third kappa shape index (κ3) is 3.70. The van der Waals surface area contributed by atoms with Gasteiger partial charge in [0.25, 0.3) is 11.7 Å². The molecule has 31 heavy (non-hydrogen) atoms. The molecule has 1 fully saturated rings. The number of rotatable bonds is 4. The molecule has 1 atom stereocenters. The summed E-state index contributed by atoms with van der Waals surface area (Å²) in [5.74, 6) is -3.61. The molecule has 0 aliphatic carbocycles. The minimum Gasteiger partial charge on any atom is -0.507 e. The van der Waals surface area contributed by atoms with Crippen LogP contribution in [0.15, 0.2) is 72.6 Å². The molecule has 7 heteroatoms. The van der Waals surface area contributed by atoms with Crippen LogP contribution in [0.2, 0.25) is 0 Å². The molecule has 0 saturated carbocycles. The molecular formula is C24H18F2N2O3. The number of Topliss-reactive ketones (excluding diaryl/α,β-unsaturated/α-hetero) is 1. The van der Waals surface area contributed by atoms with Gasteiger partial charge in [-0.3, -0.25) is 14.6 Å². The number of benzene rings is 2. The minimum atomic E-state index is -1.18. The molecule has 4 rings (SSSR count). The van der Waals surface area contributed by atoms with E-state index in [0.29, 0.717) is 11.1 Å². The monoisotopic (exact) mass is 420 g/mol. The number of likely N-dealkylation sites (tertiary alicyclic amines) is 1. The van der Waals surface area contributed by atoms with Gasteiger partial charge in [-0.15, -0.1) is 0 Å². The van der Waals surface area contributed by atoms with Crippen molar-refractivity contribution in [2.45, 2.75) is 19.5 Å². The molecule has 156 valence electrons. The number of ketones is 1. The van der Waals surface area contributed by atoms with Crippen LogP contribution in [0.1, 0.15) is 28.3 Å². The number of aromatic nitrogens is 1. The highest BCUT2D eigenvalue weighted by Crippen LogP contribution is 2.41. The molecule has 1 aliphatic rings. The van der Waals surface area contributed by atoms with Crippen molar-refractivity contribution < 1.29 is 23.5 Å². The van der Waals surface area contributed by atoms with E-state index in [2.05, 4.69) is 4.98 Å². The average molecular weight is 420 g/mol. The average Bonchev–Trinajstić information content (AvgIpc) is 3.01. The number of amides is 1. The maximum Gasteiger partial charge on any atom is 0.295 e. The van der Waals surface area contributed by atoms with Gasteiger partial charge >= 0.3 is 0 Å². The van der Waals surface area contributed by atoms with Gasteiger partial charge in [-0.05, 0) is 36.2 Å². The van der Waals surface area contributed by atoms with Crippen molar-refractivity contribution in [2.75, 3.05) is 0 Å².